The Hall–Kier alpha value is -2.81. The van der Waals surface area contributed by atoms with Gasteiger partial charge in [-0.1, -0.05) is 60.7 Å². The smallest absolute Gasteiger partial charge is 0.249 e. The van der Waals surface area contributed by atoms with Crippen LogP contribution in [0.15, 0.2) is 83.8 Å². The van der Waals surface area contributed by atoms with Gasteiger partial charge in [0, 0.05) is 37.0 Å². The first kappa shape index (κ1) is 33.1. The monoisotopic (exact) mass is 649 g/mol. The van der Waals surface area contributed by atoms with Crippen LogP contribution in [0.25, 0.3) is 11.1 Å². The molecule has 0 saturated carbocycles. The van der Waals surface area contributed by atoms with E-state index in [9.17, 15) is 17.6 Å². The fraction of sp³-hybridized carbons (Fsp3) is 0.367. The first-order chi connectivity index (χ1) is 20.3. The molecule has 0 radical (unpaired) electrons. The molecule has 2 fully saturated rings. The molecule has 2 saturated heterocycles. The summed E-state index contributed by atoms with van der Waals surface area (Å²) in [5, 5.41) is 2.39. The Kier molecular flexibility index (Phi) is 11.0. The van der Waals surface area contributed by atoms with Crippen molar-refractivity contribution in [2.75, 3.05) is 38.7 Å². The van der Waals surface area contributed by atoms with Gasteiger partial charge in [0.1, 0.15) is 11.2 Å². The molecule has 2 aliphatic heterocycles. The normalized spacial score (nSPS) is 21.8. The van der Waals surface area contributed by atoms with Crippen LogP contribution >= 0.6 is 11.8 Å². The molecule has 9 nitrogen and oxygen atoms in total. The van der Waals surface area contributed by atoms with Crippen molar-refractivity contribution in [3.05, 3.63) is 90.2 Å². The molecule has 0 bridgehead atoms. The van der Waals surface area contributed by atoms with E-state index in [1.807, 2.05) is 30.3 Å². The third-order valence-corrected chi connectivity index (χ3v) is 10.7. The Morgan fingerprint density at radius 1 is 0.977 bits per heavy atom. The number of likely N-dealkylation sites (tertiary alicyclic amines) is 1. The zero-order chi connectivity index (χ0) is 31.2. The van der Waals surface area contributed by atoms with Gasteiger partial charge in [-0.05, 0) is 35.2 Å². The lowest BCUT2D eigenvalue weighted by Gasteiger charge is -2.34. The molecule has 2 heterocycles. The maximum atomic E-state index is 14.2. The number of thioether (sulfide) groups is 1. The second-order valence-electron chi connectivity index (χ2n) is 10.7. The highest BCUT2D eigenvalue weighted by Gasteiger charge is 2.41. The summed E-state index contributed by atoms with van der Waals surface area (Å²) in [6.45, 7) is 2.35. The highest BCUT2D eigenvalue weighted by atomic mass is 32.2. The van der Waals surface area contributed by atoms with Crippen LogP contribution in [0.1, 0.15) is 24.4 Å². The minimum absolute atomic E-state index is 0.0933. The first-order valence-electron chi connectivity index (χ1n) is 13.9. The number of carbonyl (C=O) groups excluding carboxylic acids is 1. The second kappa shape index (κ2) is 14.3. The van der Waals surface area contributed by atoms with E-state index in [2.05, 4.69) is 12.4 Å². The highest BCUT2D eigenvalue weighted by molar-refractivity contribution is 8.02. The summed E-state index contributed by atoms with van der Waals surface area (Å²) >= 11 is 1.35. The highest BCUT2D eigenvalue weighted by Crippen LogP contribution is 2.34. The average Bonchev–Trinajstić information content (AvgIpc) is 3.48. The fourth-order valence-electron chi connectivity index (χ4n) is 5.37. The summed E-state index contributed by atoms with van der Waals surface area (Å²) in [7, 11) is -5.65. The molecular formula is C30H36FN3O6S3. The van der Waals surface area contributed by atoms with Crippen LogP contribution < -0.4 is 10.2 Å². The number of rotatable bonds is 7. The summed E-state index contributed by atoms with van der Waals surface area (Å²) in [6, 6.07) is 22.4. The fourth-order valence-corrected chi connectivity index (χ4v) is 8.45. The van der Waals surface area contributed by atoms with Crippen LogP contribution in [-0.4, -0.2) is 75.7 Å². The number of sulfonamides is 1. The van der Waals surface area contributed by atoms with Gasteiger partial charge in [-0.25, -0.2) is 21.2 Å². The van der Waals surface area contributed by atoms with Crippen LogP contribution in [0.5, 0.6) is 0 Å². The number of nitrogens with one attached hydrogen (secondary N) is 2. The molecule has 232 valence electrons. The van der Waals surface area contributed by atoms with E-state index in [4.69, 9.17) is 13.0 Å². The van der Waals surface area contributed by atoms with Crippen LogP contribution in [0, 0.1) is 11.7 Å². The van der Waals surface area contributed by atoms with Crippen LogP contribution in [0.4, 0.5) is 4.39 Å². The lowest BCUT2D eigenvalue weighted by atomic mass is 9.85. The molecule has 0 unspecified atom stereocenters. The van der Waals surface area contributed by atoms with Crippen LogP contribution in [0.2, 0.25) is 0 Å². The number of amides is 1. The number of quaternary nitrogens is 1. The van der Waals surface area contributed by atoms with Crippen LogP contribution in [0.3, 0.4) is 0 Å². The number of carbonyl (C=O) groups is 1. The summed E-state index contributed by atoms with van der Waals surface area (Å²) < 4.78 is 70.0. The number of hydrogen-bond donors (Lipinski definition) is 2. The molecule has 1 amide bonds. The van der Waals surface area contributed by atoms with Gasteiger partial charge in [-0.15, -0.1) is 11.8 Å². The maximum Gasteiger partial charge on any atom is 0.249 e. The van der Waals surface area contributed by atoms with Crippen molar-refractivity contribution >= 4 is 37.8 Å². The Balaban J connectivity index is 0.000000782. The Morgan fingerprint density at radius 3 is 2.16 bits per heavy atom. The largest absolute Gasteiger partial charge is 0.748 e. The summed E-state index contributed by atoms with van der Waals surface area (Å²) in [6.07, 6.45) is 2.60. The van der Waals surface area contributed by atoms with Gasteiger partial charge >= 0.3 is 0 Å². The Morgan fingerprint density at radius 2 is 1.56 bits per heavy atom. The third kappa shape index (κ3) is 8.87. The van der Waals surface area contributed by atoms with Crippen LogP contribution in [-0.2, 0) is 24.9 Å². The second-order valence-corrected chi connectivity index (χ2v) is 15.2. The Bertz CT molecular complexity index is 1590. The molecule has 43 heavy (non-hydrogen) atoms. The SMILES string of the molecule is CS(=O)(=O)[O-].C[NH+]1CCC([C@H](NC(=O)[C@@H]2SCCN2S(=O)(=O)c2ccc(-c3ccccc3F)cc2)c2ccccc2)CC1. The maximum absolute atomic E-state index is 14.2. The molecule has 13 heteroatoms. The standard InChI is InChI=1S/C29H32FN3O3S2.CH4O3S/c1-32-17-15-23(16-18-32)27(22-7-3-2-4-8-22)31-28(34)29-33(19-20-37-29)38(35,36)24-13-11-21(12-14-24)25-9-5-6-10-26(25)30;1-5(2,3)4/h2-14,23,27,29H,15-20H2,1H3,(H,31,34);1H3,(H,2,3,4)/t27-,29+;/m1./s1. The van der Waals surface area contributed by atoms with E-state index in [1.165, 1.54) is 39.2 Å². The number of halogens is 1. The van der Waals surface area contributed by atoms with Gasteiger partial charge in [0.2, 0.25) is 15.9 Å². The molecule has 3 aromatic carbocycles. The number of hydrogen-bond acceptors (Lipinski definition) is 7. The van der Waals surface area contributed by atoms with Crippen molar-refractivity contribution in [1.82, 2.24) is 9.62 Å². The number of piperidine rings is 1. The van der Waals surface area contributed by atoms with E-state index in [0.717, 1.165) is 31.5 Å². The van der Waals surface area contributed by atoms with E-state index >= 15 is 0 Å². The lowest BCUT2D eigenvalue weighted by molar-refractivity contribution is -0.886. The number of benzene rings is 3. The van der Waals surface area contributed by atoms with E-state index in [-0.39, 0.29) is 29.2 Å². The predicted octanol–water partition coefficient (Wildman–Crippen LogP) is 2.50. The summed E-state index contributed by atoms with van der Waals surface area (Å²) in [4.78, 5) is 15.2. The van der Waals surface area contributed by atoms with Gasteiger partial charge in [0.05, 0.1) is 41.2 Å². The molecule has 5 rings (SSSR count). The summed E-state index contributed by atoms with van der Waals surface area (Å²) in [5.74, 6) is 0.194. The molecule has 0 aliphatic carbocycles. The zero-order valence-electron chi connectivity index (χ0n) is 24.0. The quantitative estimate of drug-likeness (QED) is 0.377. The van der Waals surface area contributed by atoms with E-state index < -0.39 is 25.5 Å². The minimum Gasteiger partial charge on any atom is -0.748 e. The predicted molar refractivity (Wildman–Crippen MR) is 164 cm³/mol. The molecule has 2 N–H and O–H groups in total. The van der Waals surface area contributed by atoms with Crippen molar-refractivity contribution in [2.45, 2.75) is 29.2 Å². The first-order valence-corrected chi connectivity index (χ1v) is 18.2. The van der Waals surface area contributed by atoms with Crippen molar-refractivity contribution in [3.8, 4) is 11.1 Å². The van der Waals surface area contributed by atoms with Crippen molar-refractivity contribution in [1.29, 1.82) is 0 Å². The van der Waals surface area contributed by atoms with Gasteiger partial charge in [0.15, 0.2) is 0 Å². The summed E-state index contributed by atoms with van der Waals surface area (Å²) in [5.41, 5.74) is 2.05. The van der Waals surface area contributed by atoms with E-state index in [0.29, 0.717) is 29.1 Å². The van der Waals surface area contributed by atoms with Crippen molar-refractivity contribution in [2.24, 2.45) is 5.92 Å². The molecule has 0 spiro atoms. The zero-order valence-corrected chi connectivity index (χ0v) is 26.4. The molecule has 2 aliphatic rings. The van der Waals surface area contributed by atoms with Gasteiger partial charge in [0.25, 0.3) is 0 Å². The van der Waals surface area contributed by atoms with Gasteiger partial charge in [-0.2, -0.15) is 4.31 Å². The number of nitrogens with zero attached hydrogens (tertiary/aromatic N) is 1. The van der Waals surface area contributed by atoms with Gasteiger partial charge in [-0.3, -0.25) is 4.79 Å². The molecular weight excluding hydrogens is 614 g/mol. The average molecular weight is 650 g/mol. The molecule has 2 atom stereocenters. The van der Waals surface area contributed by atoms with Gasteiger partial charge < -0.3 is 14.8 Å². The Labute approximate surface area is 257 Å². The molecule has 3 aromatic rings. The molecule has 0 aromatic heterocycles. The topological polar surface area (TPSA) is 128 Å². The lowest BCUT2D eigenvalue weighted by Crippen LogP contribution is -3.10. The van der Waals surface area contributed by atoms with Crippen molar-refractivity contribution < 1.29 is 35.5 Å². The van der Waals surface area contributed by atoms with Crippen molar-refractivity contribution in [3.63, 3.8) is 0 Å². The minimum atomic E-state index is -3.92. The third-order valence-electron chi connectivity index (χ3n) is 7.53. The van der Waals surface area contributed by atoms with E-state index in [1.54, 1.807) is 30.3 Å².